The second-order valence-corrected chi connectivity index (χ2v) is 4.12. The van der Waals surface area contributed by atoms with E-state index in [1.54, 1.807) is 30.3 Å². The molecule has 102 valence electrons. The van der Waals surface area contributed by atoms with Crippen molar-refractivity contribution in [1.82, 2.24) is 0 Å². The van der Waals surface area contributed by atoms with Crippen LogP contribution in [0.1, 0.15) is 21.5 Å². The van der Waals surface area contributed by atoms with E-state index in [9.17, 15) is 14.3 Å². The average Bonchev–Trinajstić information content (AvgIpc) is 2.46. The molecular weight excluding hydrogens is 259 g/mol. The summed E-state index contributed by atoms with van der Waals surface area (Å²) in [5.74, 6) is -0.114. The van der Waals surface area contributed by atoms with Gasteiger partial charge in [-0.15, -0.1) is 0 Å². The molecule has 0 heterocycles. The lowest BCUT2D eigenvalue weighted by Crippen LogP contribution is -1.91. The Morgan fingerprint density at radius 2 is 1.85 bits per heavy atom. The first kappa shape index (κ1) is 13.8. The largest absolute Gasteiger partial charge is 0.507 e. The third-order valence-corrected chi connectivity index (χ3v) is 2.86. The molecule has 0 bridgehead atoms. The van der Waals surface area contributed by atoms with Crippen molar-refractivity contribution in [1.29, 1.82) is 0 Å². The van der Waals surface area contributed by atoms with Gasteiger partial charge < -0.3 is 9.84 Å². The number of ether oxygens (including phenoxy) is 1. The van der Waals surface area contributed by atoms with Gasteiger partial charge >= 0.3 is 0 Å². The predicted octanol–water partition coefficient (Wildman–Crippen LogP) is 3.52. The van der Waals surface area contributed by atoms with E-state index in [0.29, 0.717) is 23.2 Å². The van der Waals surface area contributed by atoms with Gasteiger partial charge in [0.2, 0.25) is 0 Å². The van der Waals surface area contributed by atoms with Gasteiger partial charge in [0.05, 0.1) is 12.7 Å². The van der Waals surface area contributed by atoms with Gasteiger partial charge in [-0.3, -0.25) is 4.79 Å². The molecule has 1 N–H and O–H groups in total. The number of benzene rings is 2. The second-order valence-electron chi connectivity index (χ2n) is 4.12. The number of carbonyl (C=O) groups is 1. The highest BCUT2D eigenvalue weighted by Gasteiger charge is 2.08. The first-order valence-corrected chi connectivity index (χ1v) is 5.94. The molecule has 0 aliphatic heterocycles. The summed E-state index contributed by atoms with van der Waals surface area (Å²) in [6.07, 6.45) is 3.65. The fraction of sp³-hybridized carbons (Fsp3) is 0.0625. The van der Waals surface area contributed by atoms with E-state index >= 15 is 0 Å². The maximum absolute atomic E-state index is 13.5. The smallest absolute Gasteiger partial charge is 0.154 e. The number of methoxy groups -OCH3 is 1. The number of carbonyl (C=O) groups excluding carboxylic acids is 1. The van der Waals surface area contributed by atoms with E-state index in [0.717, 1.165) is 0 Å². The number of hydrogen-bond donors (Lipinski definition) is 1. The van der Waals surface area contributed by atoms with E-state index in [4.69, 9.17) is 4.74 Å². The van der Waals surface area contributed by atoms with E-state index < -0.39 is 0 Å². The molecule has 3 nitrogen and oxygen atoms in total. The summed E-state index contributed by atoms with van der Waals surface area (Å²) >= 11 is 0. The second kappa shape index (κ2) is 6.02. The zero-order valence-electron chi connectivity index (χ0n) is 10.8. The molecule has 0 fully saturated rings. The van der Waals surface area contributed by atoms with Crippen LogP contribution in [-0.2, 0) is 0 Å². The monoisotopic (exact) mass is 272 g/mol. The van der Waals surface area contributed by atoms with Gasteiger partial charge in [-0.25, -0.2) is 4.39 Å². The Balaban J connectivity index is 2.45. The minimum absolute atomic E-state index is 0.137. The van der Waals surface area contributed by atoms with Crippen LogP contribution in [0.3, 0.4) is 0 Å². The van der Waals surface area contributed by atoms with Crippen LogP contribution >= 0.6 is 0 Å². The highest BCUT2D eigenvalue weighted by molar-refractivity contribution is 5.88. The molecule has 0 saturated carbocycles. The molecule has 4 heteroatoms. The Hall–Kier alpha value is -2.62. The summed E-state index contributed by atoms with van der Waals surface area (Å²) in [5, 5.41) is 9.74. The Morgan fingerprint density at radius 3 is 2.50 bits per heavy atom. The van der Waals surface area contributed by atoms with Crippen molar-refractivity contribution in [2.24, 2.45) is 0 Å². The molecule has 2 aromatic carbocycles. The van der Waals surface area contributed by atoms with Crippen molar-refractivity contribution in [2.45, 2.75) is 0 Å². The Kier molecular flexibility index (Phi) is 4.15. The van der Waals surface area contributed by atoms with Gasteiger partial charge in [-0.1, -0.05) is 30.4 Å². The molecule has 0 unspecified atom stereocenters. The minimum Gasteiger partial charge on any atom is -0.507 e. The van der Waals surface area contributed by atoms with Gasteiger partial charge in [0.1, 0.15) is 17.3 Å². The molecule has 2 aromatic rings. The summed E-state index contributed by atoms with van der Waals surface area (Å²) in [4.78, 5) is 11.0. The lowest BCUT2D eigenvalue weighted by atomic mass is 10.0. The number of aromatic hydroxyl groups is 1. The SMILES string of the molecule is COc1cc(O)c(C=O)c(/C=C/c2ccccc2F)c1. The maximum Gasteiger partial charge on any atom is 0.154 e. The van der Waals surface area contributed by atoms with Crippen LogP contribution in [0.4, 0.5) is 4.39 Å². The number of hydrogen-bond acceptors (Lipinski definition) is 3. The normalized spacial score (nSPS) is 10.7. The standard InChI is InChI=1S/C16H13FO3/c1-20-13-8-12(14(10-18)16(19)9-13)7-6-11-4-2-3-5-15(11)17/h2-10,19H,1H3/b7-6+. The zero-order valence-corrected chi connectivity index (χ0v) is 10.8. The third-order valence-electron chi connectivity index (χ3n) is 2.86. The van der Waals surface area contributed by atoms with Crippen LogP contribution in [0.25, 0.3) is 12.2 Å². The quantitative estimate of drug-likeness (QED) is 0.684. The molecular formula is C16H13FO3. The number of phenolic OH excluding ortho intramolecular Hbond substituents is 1. The lowest BCUT2D eigenvalue weighted by Gasteiger charge is -2.06. The number of rotatable bonds is 4. The van der Waals surface area contributed by atoms with E-state index in [1.807, 2.05) is 0 Å². The molecule has 0 aromatic heterocycles. The third kappa shape index (κ3) is 2.85. The van der Waals surface area contributed by atoms with E-state index in [2.05, 4.69) is 0 Å². The fourth-order valence-corrected chi connectivity index (χ4v) is 1.81. The average molecular weight is 272 g/mol. The van der Waals surface area contributed by atoms with Gasteiger partial charge in [0.15, 0.2) is 6.29 Å². The fourth-order valence-electron chi connectivity index (χ4n) is 1.81. The molecule has 0 aliphatic rings. The summed E-state index contributed by atoms with van der Waals surface area (Å²) in [6.45, 7) is 0. The van der Waals surface area contributed by atoms with E-state index in [-0.39, 0.29) is 17.1 Å². The highest BCUT2D eigenvalue weighted by atomic mass is 19.1. The Labute approximate surface area is 115 Å². The summed E-state index contributed by atoms with van der Waals surface area (Å²) < 4.78 is 18.5. The van der Waals surface area contributed by atoms with Crippen molar-refractivity contribution in [3.05, 3.63) is 58.9 Å². The molecule has 0 saturated heterocycles. The first-order chi connectivity index (χ1) is 9.65. The van der Waals surface area contributed by atoms with Crippen LogP contribution in [0.15, 0.2) is 36.4 Å². The summed E-state index contributed by atoms with van der Waals surface area (Å²) in [5.41, 5.74) is 0.991. The van der Waals surface area contributed by atoms with Crippen molar-refractivity contribution < 1.29 is 19.0 Å². The van der Waals surface area contributed by atoms with Crippen LogP contribution in [0, 0.1) is 5.82 Å². The van der Waals surface area contributed by atoms with Crippen molar-refractivity contribution in [3.63, 3.8) is 0 Å². The molecule has 20 heavy (non-hydrogen) atoms. The highest BCUT2D eigenvalue weighted by Crippen LogP contribution is 2.28. The minimum atomic E-state index is -0.358. The van der Waals surface area contributed by atoms with Gasteiger partial charge in [-0.05, 0) is 17.7 Å². The summed E-state index contributed by atoms with van der Waals surface area (Å²) in [6, 6.07) is 9.23. The topological polar surface area (TPSA) is 46.5 Å². The Morgan fingerprint density at radius 1 is 1.15 bits per heavy atom. The molecule has 0 atom stereocenters. The molecule has 0 aliphatic carbocycles. The Bertz CT molecular complexity index is 663. The van der Waals surface area contributed by atoms with Crippen LogP contribution in [0.2, 0.25) is 0 Å². The van der Waals surface area contributed by atoms with Gasteiger partial charge in [0, 0.05) is 11.6 Å². The van der Waals surface area contributed by atoms with Crippen LogP contribution < -0.4 is 4.74 Å². The molecule has 0 amide bonds. The number of phenols is 1. The summed E-state index contributed by atoms with van der Waals surface area (Å²) in [7, 11) is 1.46. The van der Waals surface area contributed by atoms with E-state index in [1.165, 1.54) is 25.3 Å². The predicted molar refractivity (Wildman–Crippen MR) is 75.4 cm³/mol. The van der Waals surface area contributed by atoms with Crippen LogP contribution in [-0.4, -0.2) is 18.5 Å². The van der Waals surface area contributed by atoms with Crippen molar-refractivity contribution in [2.75, 3.05) is 7.11 Å². The van der Waals surface area contributed by atoms with Gasteiger partial charge in [0.25, 0.3) is 0 Å². The number of halogens is 1. The first-order valence-electron chi connectivity index (χ1n) is 5.94. The van der Waals surface area contributed by atoms with Crippen molar-refractivity contribution in [3.8, 4) is 11.5 Å². The van der Waals surface area contributed by atoms with Crippen LogP contribution in [0.5, 0.6) is 11.5 Å². The molecule has 0 spiro atoms. The zero-order chi connectivity index (χ0) is 14.5. The van der Waals surface area contributed by atoms with Gasteiger partial charge in [-0.2, -0.15) is 0 Å². The molecule has 0 radical (unpaired) electrons. The number of aldehydes is 1. The van der Waals surface area contributed by atoms with Crippen molar-refractivity contribution >= 4 is 18.4 Å². The maximum atomic E-state index is 13.5. The lowest BCUT2D eigenvalue weighted by molar-refractivity contribution is 0.112. The molecule has 2 rings (SSSR count).